The Kier molecular flexibility index (Phi) is 51.6. The van der Waals surface area contributed by atoms with E-state index in [1.807, 2.05) is 6.08 Å². The van der Waals surface area contributed by atoms with Gasteiger partial charge < -0.3 is 20.3 Å². The van der Waals surface area contributed by atoms with Crippen molar-refractivity contribution in [3.05, 3.63) is 24.3 Å². The molecule has 2 atom stereocenters. The molecule has 372 valence electrons. The third-order valence-corrected chi connectivity index (χ3v) is 13.0. The van der Waals surface area contributed by atoms with Crippen LogP contribution >= 0.6 is 0 Å². The van der Waals surface area contributed by atoms with Gasteiger partial charge in [-0.15, -0.1) is 0 Å². The first-order valence-corrected chi connectivity index (χ1v) is 28.1. The van der Waals surface area contributed by atoms with Crippen LogP contribution in [0.15, 0.2) is 24.3 Å². The van der Waals surface area contributed by atoms with Crippen LogP contribution in [0.5, 0.6) is 0 Å². The molecule has 0 heterocycles. The van der Waals surface area contributed by atoms with Gasteiger partial charge in [0, 0.05) is 12.8 Å². The van der Waals surface area contributed by atoms with Gasteiger partial charge in [0.15, 0.2) is 0 Å². The maximum Gasteiger partial charge on any atom is 0.305 e. The first-order chi connectivity index (χ1) is 31.0. The third-order valence-electron chi connectivity index (χ3n) is 13.0. The summed E-state index contributed by atoms with van der Waals surface area (Å²) >= 11 is 0. The number of amides is 1. The van der Waals surface area contributed by atoms with E-state index in [1.165, 1.54) is 231 Å². The molecule has 0 aromatic carbocycles. The summed E-state index contributed by atoms with van der Waals surface area (Å²) in [5.41, 5.74) is 0. The second kappa shape index (κ2) is 53.0. The standard InChI is InChI=1S/C57H109NO5/c1-3-5-7-9-11-13-15-16-17-18-19-22-25-28-31-35-39-43-47-51-57(62)63-52-48-44-40-36-32-29-26-23-20-21-24-27-30-34-38-42-46-50-56(61)58-54(53-59)55(60)49-45-41-37-33-14-12-10-8-6-4-2/h16-17,45,49,54-55,59-60H,3-15,18-44,46-48,50-53H2,1-2H3,(H,58,61)/b17-16-,49-45+. The van der Waals surface area contributed by atoms with Gasteiger partial charge in [0.1, 0.15) is 0 Å². The van der Waals surface area contributed by atoms with Crippen LogP contribution in [0.25, 0.3) is 0 Å². The molecular weight excluding hydrogens is 779 g/mol. The van der Waals surface area contributed by atoms with Crippen LogP contribution < -0.4 is 5.32 Å². The Morgan fingerprint density at radius 3 is 1.13 bits per heavy atom. The van der Waals surface area contributed by atoms with Gasteiger partial charge in [-0.3, -0.25) is 9.59 Å². The van der Waals surface area contributed by atoms with Crippen molar-refractivity contribution in [2.75, 3.05) is 13.2 Å². The van der Waals surface area contributed by atoms with Gasteiger partial charge in [0.25, 0.3) is 0 Å². The minimum Gasteiger partial charge on any atom is -0.466 e. The average Bonchev–Trinajstić information content (AvgIpc) is 3.28. The lowest BCUT2D eigenvalue weighted by atomic mass is 10.0. The lowest BCUT2D eigenvalue weighted by molar-refractivity contribution is -0.143. The van der Waals surface area contributed by atoms with Crippen LogP contribution in [0.2, 0.25) is 0 Å². The van der Waals surface area contributed by atoms with Gasteiger partial charge in [-0.05, 0) is 57.8 Å². The van der Waals surface area contributed by atoms with Crippen LogP contribution in [0.4, 0.5) is 0 Å². The number of carbonyl (C=O) groups is 2. The average molecular weight is 889 g/mol. The summed E-state index contributed by atoms with van der Waals surface area (Å²) in [4.78, 5) is 24.5. The number of hydrogen-bond acceptors (Lipinski definition) is 5. The number of aliphatic hydroxyl groups excluding tert-OH is 2. The number of unbranched alkanes of at least 4 members (excludes halogenated alkanes) is 39. The molecule has 0 bridgehead atoms. The lowest BCUT2D eigenvalue weighted by Gasteiger charge is -2.20. The molecule has 0 saturated carbocycles. The highest BCUT2D eigenvalue weighted by Gasteiger charge is 2.18. The van der Waals surface area contributed by atoms with E-state index in [2.05, 4.69) is 31.3 Å². The fraction of sp³-hybridized carbons (Fsp3) is 0.895. The van der Waals surface area contributed by atoms with Crippen molar-refractivity contribution in [3.8, 4) is 0 Å². The molecular formula is C57H109NO5. The highest BCUT2D eigenvalue weighted by atomic mass is 16.5. The van der Waals surface area contributed by atoms with E-state index < -0.39 is 12.1 Å². The first-order valence-electron chi connectivity index (χ1n) is 28.1. The van der Waals surface area contributed by atoms with Gasteiger partial charge >= 0.3 is 5.97 Å². The molecule has 3 N–H and O–H groups in total. The quantitative estimate of drug-likeness (QED) is 0.0321. The van der Waals surface area contributed by atoms with Gasteiger partial charge in [0.05, 0.1) is 25.4 Å². The SMILES string of the molecule is CCCCCCCC/C=C\CCCCCCCCCCCC(=O)OCCCCCCCCCCCCCCCCCCCC(=O)NC(CO)C(O)/C=C/CCCCCCCCCC. The van der Waals surface area contributed by atoms with Crippen LogP contribution in [0, 0.1) is 0 Å². The Morgan fingerprint density at radius 2 is 0.746 bits per heavy atom. The van der Waals surface area contributed by atoms with Crippen molar-refractivity contribution < 1.29 is 24.5 Å². The minimum atomic E-state index is -0.846. The Morgan fingerprint density at radius 1 is 0.429 bits per heavy atom. The summed E-state index contributed by atoms with van der Waals surface area (Å²) < 4.78 is 5.49. The van der Waals surface area contributed by atoms with Crippen LogP contribution in [0.1, 0.15) is 303 Å². The second-order valence-corrected chi connectivity index (χ2v) is 19.3. The fourth-order valence-electron chi connectivity index (χ4n) is 8.63. The molecule has 0 aliphatic heterocycles. The van der Waals surface area contributed by atoms with E-state index in [-0.39, 0.29) is 18.5 Å². The molecule has 0 aromatic heterocycles. The zero-order valence-corrected chi connectivity index (χ0v) is 42.3. The van der Waals surface area contributed by atoms with Gasteiger partial charge in [0.2, 0.25) is 5.91 Å². The zero-order chi connectivity index (χ0) is 45.8. The maximum absolute atomic E-state index is 12.4. The summed E-state index contributed by atoms with van der Waals surface area (Å²) in [5.74, 6) is -0.0710. The Balaban J connectivity index is 3.39. The van der Waals surface area contributed by atoms with Gasteiger partial charge in [-0.25, -0.2) is 0 Å². The predicted octanol–water partition coefficient (Wildman–Crippen LogP) is 17.1. The molecule has 0 aliphatic carbocycles. The van der Waals surface area contributed by atoms with Crippen molar-refractivity contribution in [2.45, 2.75) is 315 Å². The monoisotopic (exact) mass is 888 g/mol. The zero-order valence-electron chi connectivity index (χ0n) is 42.3. The predicted molar refractivity (Wildman–Crippen MR) is 273 cm³/mol. The van der Waals surface area contributed by atoms with E-state index in [9.17, 15) is 19.8 Å². The highest BCUT2D eigenvalue weighted by Crippen LogP contribution is 2.16. The Hall–Kier alpha value is -1.66. The van der Waals surface area contributed by atoms with Crippen LogP contribution in [0.3, 0.4) is 0 Å². The summed E-state index contributed by atoms with van der Waals surface area (Å²) in [6.45, 7) is 4.88. The van der Waals surface area contributed by atoms with Crippen molar-refractivity contribution in [3.63, 3.8) is 0 Å². The van der Waals surface area contributed by atoms with E-state index in [1.54, 1.807) is 6.08 Å². The third kappa shape index (κ3) is 49.6. The summed E-state index contributed by atoms with van der Waals surface area (Å²) in [6, 6.07) is -0.630. The van der Waals surface area contributed by atoms with E-state index in [4.69, 9.17) is 4.74 Å². The molecule has 2 unspecified atom stereocenters. The molecule has 0 saturated heterocycles. The van der Waals surface area contributed by atoms with Gasteiger partial charge in [-0.1, -0.05) is 256 Å². The summed E-state index contributed by atoms with van der Waals surface area (Å²) in [7, 11) is 0. The summed E-state index contributed by atoms with van der Waals surface area (Å²) in [6.07, 6.45) is 63.4. The second-order valence-electron chi connectivity index (χ2n) is 19.3. The molecule has 6 heteroatoms. The normalized spacial score (nSPS) is 12.8. The fourth-order valence-corrected chi connectivity index (χ4v) is 8.63. The first kappa shape index (κ1) is 61.3. The van der Waals surface area contributed by atoms with E-state index in [0.29, 0.717) is 19.4 Å². The molecule has 1 amide bonds. The van der Waals surface area contributed by atoms with E-state index >= 15 is 0 Å². The number of ether oxygens (including phenoxy) is 1. The molecule has 0 aromatic rings. The highest BCUT2D eigenvalue weighted by molar-refractivity contribution is 5.76. The van der Waals surface area contributed by atoms with Crippen LogP contribution in [-0.2, 0) is 14.3 Å². The van der Waals surface area contributed by atoms with Gasteiger partial charge in [-0.2, -0.15) is 0 Å². The largest absolute Gasteiger partial charge is 0.466 e. The number of allylic oxidation sites excluding steroid dienone is 3. The lowest BCUT2D eigenvalue weighted by Crippen LogP contribution is -2.45. The van der Waals surface area contributed by atoms with Crippen molar-refractivity contribution >= 4 is 11.9 Å². The molecule has 0 radical (unpaired) electrons. The Labute approximate surface area is 392 Å². The molecule has 0 fully saturated rings. The minimum absolute atomic E-state index is 0.00381. The van der Waals surface area contributed by atoms with Crippen LogP contribution in [-0.4, -0.2) is 47.4 Å². The smallest absolute Gasteiger partial charge is 0.305 e. The molecule has 0 aliphatic rings. The number of esters is 1. The number of carbonyl (C=O) groups excluding carboxylic acids is 2. The molecule has 0 rings (SSSR count). The topological polar surface area (TPSA) is 95.9 Å². The van der Waals surface area contributed by atoms with Crippen molar-refractivity contribution in [1.29, 1.82) is 0 Å². The molecule has 0 spiro atoms. The molecule has 6 nitrogen and oxygen atoms in total. The number of hydrogen-bond donors (Lipinski definition) is 3. The van der Waals surface area contributed by atoms with E-state index in [0.717, 1.165) is 44.9 Å². The Bertz CT molecular complexity index is 982. The number of aliphatic hydroxyl groups is 2. The number of rotatable bonds is 52. The summed E-state index contributed by atoms with van der Waals surface area (Å²) in [5, 5.41) is 23.0. The van der Waals surface area contributed by atoms with Crippen molar-refractivity contribution in [1.82, 2.24) is 5.32 Å². The number of nitrogens with one attached hydrogen (secondary N) is 1. The van der Waals surface area contributed by atoms with Crippen molar-refractivity contribution in [2.24, 2.45) is 0 Å². The molecule has 63 heavy (non-hydrogen) atoms. The maximum atomic E-state index is 12.4.